The van der Waals surface area contributed by atoms with Crippen molar-refractivity contribution in [3.05, 3.63) is 35.4 Å². The first-order chi connectivity index (χ1) is 8.70. The minimum atomic E-state index is 0.368. The van der Waals surface area contributed by atoms with E-state index >= 15 is 0 Å². The standard InChI is InChI=1S/C14H10N2O2/c1-9-10(2)13(15-7-17)14(16-8-18)12-6-4-3-5-11(9)12/h3-6H,1-2H3. The number of aryl methyl sites for hydroxylation is 1. The number of rotatable bonds is 2. The van der Waals surface area contributed by atoms with Crippen LogP contribution >= 0.6 is 0 Å². The summed E-state index contributed by atoms with van der Waals surface area (Å²) in [6, 6.07) is 7.53. The third kappa shape index (κ3) is 1.76. The van der Waals surface area contributed by atoms with Gasteiger partial charge in [-0.3, -0.25) is 0 Å². The summed E-state index contributed by atoms with van der Waals surface area (Å²) in [6.07, 6.45) is 3.01. The van der Waals surface area contributed by atoms with Crippen LogP contribution in [0, 0.1) is 13.8 Å². The molecule has 2 rings (SSSR count). The highest BCUT2D eigenvalue weighted by Gasteiger charge is 2.13. The molecule has 0 aliphatic rings. The molecule has 0 bridgehead atoms. The lowest BCUT2D eigenvalue weighted by Gasteiger charge is -2.11. The van der Waals surface area contributed by atoms with E-state index in [4.69, 9.17) is 0 Å². The first kappa shape index (κ1) is 11.9. The minimum absolute atomic E-state index is 0.368. The SMILES string of the molecule is Cc1c(N=C=O)c(N=C=O)c2ccccc2c1C. The number of aliphatic imine (C=N–C) groups is 2. The molecule has 0 aliphatic heterocycles. The van der Waals surface area contributed by atoms with Crippen molar-refractivity contribution in [3.63, 3.8) is 0 Å². The van der Waals surface area contributed by atoms with E-state index in [2.05, 4.69) is 9.98 Å². The summed E-state index contributed by atoms with van der Waals surface area (Å²) >= 11 is 0. The first-order valence-electron chi connectivity index (χ1n) is 5.38. The molecule has 0 saturated carbocycles. The van der Waals surface area contributed by atoms with Crippen molar-refractivity contribution in [2.75, 3.05) is 0 Å². The maximum Gasteiger partial charge on any atom is 0.240 e. The van der Waals surface area contributed by atoms with Crippen LogP contribution < -0.4 is 0 Å². The van der Waals surface area contributed by atoms with Gasteiger partial charge in [-0.2, -0.15) is 9.98 Å². The zero-order valence-corrected chi connectivity index (χ0v) is 10.0. The van der Waals surface area contributed by atoms with Crippen molar-refractivity contribution >= 4 is 34.3 Å². The van der Waals surface area contributed by atoms with Crippen LogP contribution in [0.1, 0.15) is 11.1 Å². The Morgan fingerprint density at radius 1 is 0.833 bits per heavy atom. The van der Waals surface area contributed by atoms with Crippen LogP contribution in [0.2, 0.25) is 0 Å². The Balaban J connectivity index is 3.07. The van der Waals surface area contributed by atoms with Gasteiger partial charge in [0.25, 0.3) is 0 Å². The van der Waals surface area contributed by atoms with Gasteiger partial charge in [-0.25, -0.2) is 9.59 Å². The molecule has 0 amide bonds. The van der Waals surface area contributed by atoms with Gasteiger partial charge < -0.3 is 0 Å². The van der Waals surface area contributed by atoms with Crippen LogP contribution in [-0.2, 0) is 9.59 Å². The number of isocyanates is 2. The highest BCUT2D eigenvalue weighted by atomic mass is 16.1. The molecule has 0 N–H and O–H groups in total. The number of carbonyl (C=O) groups excluding carboxylic acids is 2. The van der Waals surface area contributed by atoms with Crippen molar-refractivity contribution in [1.29, 1.82) is 0 Å². The molecule has 0 fully saturated rings. The Morgan fingerprint density at radius 3 is 2.00 bits per heavy atom. The lowest BCUT2D eigenvalue weighted by atomic mass is 9.97. The summed E-state index contributed by atoms with van der Waals surface area (Å²) in [6.45, 7) is 3.78. The molecule has 4 heteroatoms. The highest BCUT2D eigenvalue weighted by Crippen LogP contribution is 2.40. The number of nitrogens with zero attached hydrogens (tertiary/aromatic N) is 2. The van der Waals surface area contributed by atoms with E-state index in [1.165, 1.54) is 12.2 Å². The Bertz CT molecular complexity index is 722. The van der Waals surface area contributed by atoms with Gasteiger partial charge in [-0.1, -0.05) is 24.3 Å². The van der Waals surface area contributed by atoms with E-state index in [1.54, 1.807) is 0 Å². The van der Waals surface area contributed by atoms with Crippen LogP contribution in [0.3, 0.4) is 0 Å². The predicted molar refractivity (Wildman–Crippen MR) is 69.0 cm³/mol. The molecule has 0 spiro atoms. The second kappa shape index (κ2) is 4.76. The summed E-state index contributed by atoms with van der Waals surface area (Å²) in [5, 5.41) is 1.76. The molecule has 4 nitrogen and oxygen atoms in total. The van der Waals surface area contributed by atoms with Crippen LogP contribution in [0.15, 0.2) is 34.3 Å². The van der Waals surface area contributed by atoms with Crippen molar-refractivity contribution in [1.82, 2.24) is 0 Å². The van der Waals surface area contributed by atoms with E-state index in [0.717, 1.165) is 21.9 Å². The fourth-order valence-electron chi connectivity index (χ4n) is 2.04. The molecule has 0 aromatic heterocycles. The second-order valence-corrected chi connectivity index (χ2v) is 3.90. The fourth-order valence-corrected chi connectivity index (χ4v) is 2.04. The lowest BCUT2D eigenvalue weighted by molar-refractivity contribution is 0.564. The Morgan fingerprint density at radius 2 is 1.39 bits per heavy atom. The Kier molecular flexibility index (Phi) is 3.16. The van der Waals surface area contributed by atoms with Gasteiger partial charge >= 0.3 is 0 Å². The maximum atomic E-state index is 10.5. The van der Waals surface area contributed by atoms with E-state index < -0.39 is 0 Å². The van der Waals surface area contributed by atoms with Crippen molar-refractivity contribution < 1.29 is 9.59 Å². The molecule has 0 heterocycles. The molecule has 88 valence electrons. The molecular formula is C14H10N2O2. The van der Waals surface area contributed by atoms with Gasteiger partial charge in [0.15, 0.2) is 0 Å². The normalized spacial score (nSPS) is 9.67. The molecule has 0 radical (unpaired) electrons. The van der Waals surface area contributed by atoms with Gasteiger partial charge in [-0.05, 0) is 30.4 Å². The van der Waals surface area contributed by atoms with Crippen LogP contribution in [0.25, 0.3) is 10.8 Å². The van der Waals surface area contributed by atoms with Gasteiger partial charge in [0.05, 0.1) is 0 Å². The van der Waals surface area contributed by atoms with Gasteiger partial charge in [0.2, 0.25) is 12.2 Å². The maximum absolute atomic E-state index is 10.5. The summed E-state index contributed by atoms with van der Waals surface area (Å²) < 4.78 is 0. The third-order valence-corrected chi connectivity index (χ3v) is 3.04. The molecule has 2 aromatic rings. The topological polar surface area (TPSA) is 58.9 Å². The largest absolute Gasteiger partial charge is 0.240 e. The number of hydrogen-bond donors (Lipinski definition) is 0. The molecular weight excluding hydrogens is 228 g/mol. The average Bonchev–Trinajstić information content (AvgIpc) is 2.40. The van der Waals surface area contributed by atoms with Crippen molar-refractivity contribution in [2.24, 2.45) is 9.98 Å². The van der Waals surface area contributed by atoms with Crippen LogP contribution in [0.4, 0.5) is 11.4 Å². The Hall–Kier alpha value is -2.54. The molecule has 18 heavy (non-hydrogen) atoms. The van der Waals surface area contributed by atoms with Crippen LogP contribution in [-0.4, -0.2) is 12.2 Å². The van der Waals surface area contributed by atoms with Crippen LogP contribution in [0.5, 0.6) is 0 Å². The van der Waals surface area contributed by atoms with E-state index in [-0.39, 0.29) is 0 Å². The Labute approximate surface area is 104 Å². The van der Waals surface area contributed by atoms with Gasteiger partial charge in [0, 0.05) is 5.39 Å². The van der Waals surface area contributed by atoms with E-state index in [1.807, 2.05) is 38.1 Å². The minimum Gasteiger partial charge on any atom is -0.211 e. The number of benzene rings is 2. The summed E-state index contributed by atoms with van der Waals surface area (Å²) in [7, 11) is 0. The highest BCUT2D eigenvalue weighted by molar-refractivity contribution is 6.02. The molecule has 0 unspecified atom stereocenters. The lowest BCUT2D eigenvalue weighted by Crippen LogP contribution is -1.87. The quantitative estimate of drug-likeness (QED) is 0.594. The van der Waals surface area contributed by atoms with Gasteiger partial charge in [0.1, 0.15) is 11.4 Å². The summed E-state index contributed by atoms with van der Waals surface area (Å²) in [4.78, 5) is 28.4. The average molecular weight is 238 g/mol. The monoisotopic (exact) mass is 238 g/mol. The molecule has 0 saturated heterocycles. The molecule has 0 atom stereocenters. The smallest absolute Gasteiger partial charge is 0.211 e. The molecule has 2 aromatic carbocycles. The second-order valence-electron chi connectivity index (χ2n) is 3.90. The van der Waals surface area contributed by atoms with E-state index in [9.17, 15) is 9.59 Å². The zero-order valence-electron chi connectivity index (χ0n) is 10.0. The third-order valence-electron chi connectivity index (χ3n) is 3.04. The number of fused-ring (bicyclic) bond motifs is 1. The summed E-state index contributed by atoms with van der Waals surface area (Å²) in [5.74, 6) is 0. The molecule has 0 aliphatic carbocycles. The summed E-state index contributed by atoms with van der Waals surface area (Å²) in [5.41, 5.74) is 2.56. The number of hydrogen-bond acceptors (Lipinski definition) is 4. The van der Waals surface area contributed by atoms with Crippen molar-refractivity contribution in [3.8, 4) is 0 Å². The first-order valence-corrected chi connectivity index (χ1v) is 5.38. The van der Waals surface area contributed by atoms with Crippen molar-refractivity contribution in [2.45, 2.75) is 13.8 Å². The van der Waals surface area contributed by atoms with E-state index in [0.29, 0.717) is 11.4 Å². The fraction of sp³-hybridized carbons (Fsp3) is 0.143. The van der Waals surface area contributed by atoms with Gasteiger partial charge in [-0.15, -0.1) is 0 Å². The predicted octanol–water partition coefficient (Wildman–Crippen LogP) is 3.39. The zero-order chi connectivity index (χ0) is 13.1.